The van der Waals surface area contributed by atoms with Crippen LogP contribution in [0, 0.1) is 0 Å². The third kappa shape index (κ3) is 5.29. The molecule has 6 heteroatoms. The number of rotatable bonds is 9. The van der Waals surface area contributed by atoms with Crippen molar-refractivity contribution in [1.82, 2.24) is 5.16 Å². The average molecular weight is 307 g/mol. The topological polar surface area (TPSA) is 61.6 Å². The van der Waals surface area contributed by atoms with Gasteiger partial charge in [-0.3, -0.25) is 0 Å². The number of nitrogens with zero attached hydrogens (tertiary/aromatic N) is 1. The SMILES string of the molecule is O=C(OF)c1cc(COCCCCCc2ccccc2)on1. The van der Waals surface area contributed by atoms with Crippen LogP contribution >= 0.6 is 0 Å². The smallest absolute Gasteiger partial charge is 0.373 e. The lowest BCUT2D eigenvalue weighted by atomic mass is 10.1. The van der Waals surface area contributed by atoms with Gasteiger partial charge in [0, 0.05) is 17.2 Å². The predicted molar refractivity (Wildman–Crippen MR) is 76.7 cm³/mol. The van der Waals surface area contributed by atoms with E-state index in [1.54, 1.807) is 0 Å². The first-order valence-electron chi connectivity index (χ1n) is 7.20. The minimum atomic E-state index is -1.17. The fourth-order valence-electron chi connectivity index (χ4n) is 2.04. The van der Waals surface area contributed by atoms with Crippen LogP contribution in [0.25, 0.3) is 0 Å². The molecule has 2 aromatic rings. The van der Waals surface area contributed by atoms with Crippen molar-refractivity contribution in [1.29, 1.82) is 0 Å². The van der Waals surface area contributed by atoms with Gasteiger partial charge >= 0.3 is 5.97 Å². The average Bonchev–Trinajstić information content (AvgIpc) is 3.03. The number of benzene rings is 1. The second-order valence-corrected chi connectivity index (χ2v) is 4.89. The van der Waals surface area contributed by atoms with Gasteiger partial charge in [-0.25, -0.2) is 9.74 Å². The molecule has 0 saturated carbocycles. The second kappa shape index (κ2) is 8.94. The third-order valence-electron chi connectivity index (χ3n) is 3.18. The molecule has 0 aliphatic rings. The van der Waals surface area contributed by atoms with Crippen molar-refractivity contribution in [2.24, 2.45) is 0 Å². The normalized spacial score (nSPS) is 10.6. The molecule has 0 spiro atoms. The molecule has 0 unspecified atom stereocenters. The van der Waals surface area contributed by atoms with Gasteiger partial charge in [-0.1, -0.05) is 41.9 Å². The lowest BCUT2D eigenvalue weighted by Gasteiger charge is -2.03. The van der Waals surface area contributed by atoms with Crippen LogP contribution in [-0.2, 0) is 22.7 Å². The van der Waals surface area contributed by atoms with Gasteiger partial charge in [0.1, 0.15) is 6.61 Å². The van der Waals surface area contributed by atoms with E-state index in [9.17, 15) is 9.32 Å². The zero-order valence-electron chi connectivity index (χ0n) is 12.2. The molecule has 22 heavy (non-hydrogen) atoms. The van der Waals surface area contributed by atoms with Gasteiger partial charge in [-0.05, 0) is 24.8 Å². The van der Waals surface area contributed by atoms with Crippen molar-refractivity contribution >= 4 is 5.97 Å². The van der Waals surface area contributed by atoms with Crippen molar-refractivity contribution in [3.63, 3.8) is 0 Å². The first kappa shape index (κ1) is 16.2. The minimum absolute atomic E-state index is 0.200. The summed E-state index contributed by atoms with van der Waals surface area (Å²) in [5, 5.41) is 3.38. The van der Waals surface area contributed by atoms with E-state index in [4.69, 9.17) is 9.26 Å². The molecule has 0 radical (unpaired) electrons. The van der Waals surface area contributed by atoms with E-state index >= 15 is 0 Å². The summed E-state index contributed by atoms with van der Waals surface area (Å²) in [5.74, 6) is -0.805. The van der Waals surface area contributed by atoms with Crippen molar-refractivity contribution in [2.75, 3.05) is 6.61 Å². The minimum Gasteiger partial charge on any atom is -0.373 e. The monoisotopic (exact) mass is 307 g/mol. The Balaban J connectivity index is 1.54. The number of hydrogen-bond acceptors (Lipinski definition) is 5. The first-order valence-corrected chi connectivity index (χ1v) is 7.20. The van der Waals surface area contributed by atoms with Gasteiger partial charge in [-0.2, -0.15) is 0 Å². The van der Waals surface area contributed by atoms with Gasteiger partial charge in [0.25, 0.3) is 0 Å². The number of hydrogen-bond donors (Lipinski definition) is 0. The number of carbonyl (C=O) groups excluding carboxylic acids is 1. The van der Waals surface area contributed by atoms with E-state index in [0.29, 0.717) is 12.4 Å². The summed E-state index contributed by atoms with van der Waals surface area (Å²) in [7, 11) is 0. The van der Waals surface area contributed by atoms with E-state index in [1.165, 1.54) is 11.6 Å². The van der Waals surface area contributed by atoms with E-state index in [-0.39, 0.29) is 12.3 Å². The maximum atomic E-state index is 11.7. The highest BCUT2D eigenvalue weighted by molar-refractivity contribution is 5.86. The maximum Gasteiger partial charge on any atom is 0.401 e. The molecule has 0 aliphatic heterocycles. The zero-order valence-corrected chi connectivity index (χ0v) is 12.2. The number of aromatic nitrogens is 1. The molecule has 0 amide bonds. The van der Waals surface area contributed by atoms with Gasteiger partial charge in [0.05, 0.1) is 0 Å². The Hall–Kier alpha value is -2.21. The lowest BCUT2D eigenvalue weighted by Crippen LogP contribution is -1.98. The Bertz CT molecular complexity index is 571. The highest BCUT2D eigenvalue weighted by Gasteiger charge is 2.14. The van der Waals surface area contributed by atoms with Crippen LogP contribution in [0.4, 0.5) is 4.53 Å². The number of unbranched alkanes of at least 4 members (excludes halogenated alkanes) is 2. The fourth-order valence-corrected chi connectivity index (χ4v) is 2.04. The van der Waals surface area contributed by atoms with Crippen LogP contribution in [0.15, 0.2) is 40.9 Å². The predicted octanol–water partition coefficient (Wildman–Crippen LogP) is 3.65. The first-order chi connectivity index (χ1) is 10.8. The molecule has 0 N–H and O–H groups in total. The van der Waals surface area contributed by atoms with Gasteiger partial charge in [0.15, 0.2) is 11.5 Å². The molecule has 0 saturated heterocycles. The van der Waals surface area contributed by atoms with Crippen molar-refractivity contribution in [3.8, 4) is 0 Å². The fraction of sp³-hybridized carbons (Fsp3) is 0.375. The highest BCUT2D eigenvalue weighted by Crippen LogP contribution is 2.09. The van der Waals surface area contributed by atoms with E-state index in [2.05, 4.69) is 22.2 Å². The Kier molecular flexibility index (Phi) is 6.57. The highest BCUT2D eigenvalue weighted by atomic mass is 19.3. The molecule has 2 rings (SSSR count). The Morgan fingerprint density at radius 3 is 2.77 bits per heavy atom. The number of aryl methyl sites for hydroxylation is 1. The Morgan fingerprint density at radius 2 is 2.00 bits per heavy atom. The van der Waals surface area contributed by atoms with Crippen LogP contribution in [0.3, 0.4) is 0 Å². The number of halogens is 1. The van der Waals surface area contributed by atoms with Crippen LogP contribution < -0.4 is 0 Å². The Morgan fingerprint density at radius 1 is 1.18 bits per heavy atom. The van der Waals surface area contributed by atoms with Crippen LogP contribution in [0.5, 0.6) is 0 Å². The lowest BCUT2D eigenvalue weighted by molar-refractivity contribution is -0.0795. The van der Waals surface area contributed by atoms with E-state index in [1.807, 2.05) is 18.2 Å². The Labute approximate surface area is 127 Å². The summed E-state index contributed by atoms with van der Waals surface area (Å²) < 4.78 is 21.9. The number of carbonyl (C=O) groups is 1. The van der Waals surface area contributed by atoms with E-state index in [0.717, 1.165) is 25.7 Å². The quantitative estimate of drug-likeness (QED) is 0.662. The summed E-state index contributed by atoms with van der Waals surface area (Å²) in [4.78, 5) is 13.9. The largest absolute Gasteiger partial charge is 0.401 e. The maximum absolute atomic E-state index is 11.7. The van der Waals surface area contributed by atoms with Gasteiger partial charge in [0.2, 0.25) is 0 Å². The standard InChI is InChI=1S/C16H18FNO4/c17-21-16(19)15-11-14(22-18-15)12-20-10-6-2-5-9-13-7-3-1-4-8-13/h1,3-4,7-8,11H,2,5-6,9-10,12H2. The molecule has 0 aliphatic carbocycles. The van der Waals surface area contributed by atoms with Gasteiger partial charge < -0.3 is 9.26 Å². The van der Waals surface area contributed by atoms with Crippen molar-refractivity contribution in [2.45, 2.75) is 32.3 Å². The van der Waals surface area contributed by atoms with Crippen LogP contribution in [0.1, 0.15) is 41.1 Å². The summed E-state index contributed by atoms with van der Waals surface area (Å²) in [6.07, 6.45) is 4.20. The van der Waals surface area contributed by atoms with Crippen LogP contribution in [0.2, 0.25) is 0 Å². The molecule has 118 valence electrons. The molecule has 0 fully saturated rings. The third-order valence-corrected chi connectivity index (χ3v) is 3.18. The summed E-state index contributed by atoms with van der Waals surface area (Å²) in [6, 6.07) is 11.7. The molecule has 1 aromatic heterocycles. The zero-order chi connectivity index (χ0) is 15.6. The molecule has 1 heterocycles. The van der Waals surface area contributed by atoms with Crippen LogP contribution in [-0.4, -0.2) is 17.7 Å². The van der Waals surface area contributed by atoms with Crippen molar-refractivity contribution in [3.05, 3.63) is 53.4 Å². The summed E-state index contributed by atoms with van der Waals surface area (Å²) in [6.45, 7) is 0.795. The molecular formula is C16H18FNO4. The molecule has 1 aromatic carbocycles. The summed E-state index contributed by atoms with van der Waals surface area (Å²) >= 11 is 0. The summed E-state index contributed by atoms with van der Waals surface area (Å²) in [5.41, 5.74) is 1.14. The molecule has 5 nitrogen and oxygen atoms in total. The van der Waals surface area contributed by atoms with E-state index < -0.39 is 5.97 Å². The second-order valence-electron chi connectivity index (χ2n) is 4.89. The number of ether oxygens (including phenoxy) is 1. The molecular weight excluding hydrogens is 289 g/mol. The van der Waals surface area contributed by atoms with Gasteiger partial charge in [-0.15, -0.1) is 0 Å². The molecule has 0 bridgehead atoms. The molecule has 0 atom stereocenters. The van der Waals surface area contributed by atoms with Crippen molar-refractivity contribution < 1.29 is 23.5 Å².